The zero-order valence-electron chi connectivity index (χ0n) is 15.0. The van der Waals surface area contributed by atoms with E-state index in [1.54, 1.807) is 18.2 Å². The predicted octanol–water partition coefficient (Wildman–Crippen LogP) is 4.07. The van der Waals surface area contributed by atoms with Crippen molar-refractivity contribution in [2.45, 2.75) is 13.8 Å². The van der Waals surface area contributed by atoms with Crippen LogP contribution in [-0.2, 0) is 4.79 Å². The van der Waals surface area contributed by atoms with Crippen LogP contribution < -0.4 is 10.6 Å². The van der Waals surface area contributed by atoms with Gasteiger partial charge in [-0.1, -0.05) is 12.1 Å². The Kier molecular flexibility index (Phi) is 5.35. The van der Waals surface area contributed by atoms with E-state index in [1.165, 1.54) is 18.2 Å². The van der Waals surface area contributed by atoms with Crippen LogP contribution in [0.4, 0.5) is 10.1 Å². The van der Waals surface area contributed by atoms with E-state index in [1.807, 2.05) is 32.0 Å². The molecule has 2 aromatic carbocycles. The Morgan fingerprint density at radius 2 is 1.74 bits per heavy atom. The van der Waals surface area contributed by atoms with E-state index in [2.05, 4.69) is 10.6 Å². The highest BCUT2D eigenvalue weighted by Crippen LogP contribution is 2.22. The number of rotatable bonds is 5. The molecule has 2 amide bonds. The van der Waals surface area contributed by atoms with Crippen molar-refractivity contribution in [3.63, 3.8) is 0 Å². The van der Waals surface area contributed by atoms with Crippen LogP contribution in [0.1, 0.15) is 21.7 Å². The van der Waals surface area contributed by atoms with Gasteiger partial charge in [0, 0.05) is 11.3 Å². The van der Waals surface area contributed by atoms with Gasteiger partial charge in [0.25, 0.3) is 5.91 Å². The second-order valence-electron chi connectivity index (χ2n) is 6.15. The highest BCUT2D eigenvalue weighted by Gasteiger charge is 2.14. The van der Waals surface area contributed by atoms with Gasteiger partial charge in [0.1, 0.15) is 11.6 Å². The summed E-state index contributed by atoms with van der Waals surface area (Å²) in [5.41, 5.74) is 3.42. The van der Waals surface area contributed by atoms with Gasteiger partial charge in [0.05, 0.1) is 6.54 Å². The number of aryl methyl sites for hydroxylation is 1. The first-order chi connectivity index (χ1) is 12.9. The van der Waals surface area contributed by atoms with Crippen molar-refractivity contribution >= 4 is 17.5 Å². The second-order valence-corrected chi connectivity index (χ2v) is 6.15. The molecule has 0 aliphatic carbocycles. The lowest BCUT2D eigenvalue weighted by Gasteiger charge is -2.10. The summed E-state index contributed by atoms with van der Waals surface area (Å²) in [7, 11) is 0. The number of carbonyl (C=O) groups excluding carboxylic acids is 2. The monoisotopic (exact) mass is 366 g/mol. The molecule has 1 aromatic heterocycles. The molecule has 2 N–H and O–H groups in total. The average Bonchev–Trinajstić information content (AvgIpc) is 3.14. The molecule has 0 unspecified atom stereocenters. The van der Waals surface area contributed by atoms with Crippen molar-refractivity contribution in [3.05, 3.63) is 77.3 Å². The number of furan rings is 1. The predicted molar refractivity (Wildman–Crippen MR) is 101 cm³/mol. The highest BCUT2D eigenvalue weighted by molar-refractivity contribution is 5.98. The van der Waals surface area contributed by atoms with Crippen molar-refractivity contribution in [1.29, 1.82) is 0 Å². The molecule has 0 bridgehead atoms. The van der Waals surface area contributed by atoms with Crippen LogP contribution in [0.2, 0.25) is 0 Å². The minimum Gasteiger partial charge on any atom is -0.451 e. The summed E-state index contributed by atoms with van der Waals surface area (Å²) in [5.74, 6) is -0.659. The fourth-order valence-corrected chi connectivity index (χ4v) is 2.56. The van der Waals surface area contributed by atoms with Crippen molar-refractivity contribution in [2.24, 2.45) is 0 Å². The maximum atomic E-state index is 13.0. The van der Waals surface area contributed by atoms with E-state index in [0.29, 0.717) is 17.0 Å². The maximum Gasteiger partial charge on any atom is 0.287 e. The van der Waals surface area contributed by atoms with Gasteiger partial charge in [-0.05, 0) is 67.4 Å². The summed E-state index contributed by atoms with van der Waals surface area (Å²) in [4.78, 5) is 24.3. The van der Waals surface area contributed by atoms with Gasteiger partial charge in [0.2, 0.25) is 5.91 Å². The highest BCUT2D eigenvalue weighted by atomic mass is 19.1. The molecule has 27 heavy (non-hydrogen) atoms. The summed E-state index contributed by atoms with van der Waals surface area (Å²) in [6.07, 6.45) is 0. The average molecular weight is 366 g/mol. The number of anilines is 1. The molecule has 6 heteroatoms. The third-order valence-corrected chi connectivity index (χ3v) is 4.25. The Balaban J connectivity index is 1.58. The van der Waals surface area contributed by atoms with Crippen LogP contribution in [0.25, 0.3) is 11.3 Å². The topological polar surface area (TPSA) is 71.3 Å². The molecular formula is C21H19FN2O3. The van der Waals surface area contributed by atoms with Crippen LogP contribution in [0, 0.1) is 19.7 Å². The van der Waals surface area contributed by atoms with Crippen LogP contribution in [0.5, 0.6) is 0 Å². The molecule has 0 saturated carbocycles. The molecule has 0 aliphatic rings. The maximum absolute atomic E-state index is 13.0. The molecule has 5 nitrogen and oxygen atoms in total. The molecule has 3 rings (SSSR count). The Morgan fingerprint density at radius 1 is 1.00 bits per heavy atom. The van der Waals surface area contributed by atoms with Gasteiger partial charge < -0.3 is 15.1 Å². The molecule has 0 fully saturated rings. The molecule has 0 radical (unpaired) electrons. The Hall–Kier alpha value is -3.41. The summed E-state index contributed by atoms with van der Waals surface area (Å²) >= 11 is 0. The van der Waals surface area contributed by atoms with E-state index in [4.69, 9.17) is 4.42 Å². The molecule has 138 valence electrons. The lowest BCUT2D eigenvalue weighted by Crippen LogP contribution is -2.32. The number of carbonyl (C=O) groups is 2. The first-order valence-corrected chi connectivity index (χ1v) is 8.44. The van der Waals surface area contributed by atoms with Gasteiger partial charge in [-0.2, -0.15) is 0 Å². The molecule has 0 aliphatic heterocycles. The molecule has 0 atom stereocenters. The van der Waals surface area contributed by atoms with Crippen molar-refractivity contribution in [3.8, 4) is 11.3 Å². The first kappa shape index (κ1) is 18.4. The number of nitrogens with one attached hydrogen (secondary N) is 2. The van der Waals surface area contributed by atoms with E-state index in [-0.39, 0.29) is 24.0 Å². The summed E-state index contributed by atoms with van der Waals surface area (Å²) in [5, 5.41) is 5.30. The second kappa shape index (κ2) is 7.86. The smallest absolute Gasteiger partial charge is 0.287 e. The van der Waals surface area contributed by atoms with E-state index in [0.717, 1.165) is 11.1 Å². The zero-order valence-corrected chi connectivity index (χ0v) is 15.0. The number of hydrogen-bond acceptors (Lipinski definition) is 3. The van der Waals surface area contributed by atoms with Gasteiger partial charge in [-0.25, -0.2) is 4.39 Å². The van der Waals surface area contributed by atoms with Gasteiger partial charge >= 0.3 is 0 Å². The lowest BCUT2D eigenvalue weighted by molar-refractivity contribution is -0.115. The number of benzene rings is 2. The number of halogens is 1. The summed E-state index contributed by atoms with van der Waals surface area (Å²) in [6.45, 7) is 3.70. The third-order valence-electron chi connectivity index (χ3n) is 4.25. The third kappa shape index (κ3) is 4.41. The Labute approximate surface area is 156 Å². The van der Waals surface area contributed by atoms with Crippen LogP contribution in [0.15, 0.2) is 59.0 Å². The Morgan fingerprint density at radius 3 is 2.48 bits per heavy atom. The summed E-state index contributed by atoms with van der Waals surface area (Å²) in [6, 6.07) is 14.5. The largest absolute Gasteiger partial charge is 0.451 e. The standard InChI is InChI=1S/C21H19FN2O3/c1-13-4-3-5-17(14(13)2)24-20(25)12-23-21(26)19-11-10-18(27-19)15-6-8-16(22)9-7-15/h3-11H,12H2,1-2H3,(H,23,26)(H,24,25). The SMILES string of the molecule is Cc1cccc(NC(=O)CNC(=O)c2ccc(-c3ccc(F)cc3)o2)c1C. The van der Waals surface area contributed by atoms with Crippen LogP contribution in [0.3, 0.4) is 0 Å². The van der Waals surface area contributed by atoms with E-state index in [9.17, 15) is 14.0 Å². The fourth-order valence-electron chi connectivity index (χ4n) is 2.56. The lowest BCUT2D eigenvalue weighted by atomic mass is 10.1. The van der Waals surface area contributed by atoms with Crippen molar-refractivity contribution < 1.29 is 18.4 Å². The quantitative estimate of drug-likeness (QED) is 0.715. The minimum absolute atomic E-state index is 0.0776. The Bertz CT molecular complexity index is 977. The molecular weight excluding hydrogens is 347 g/mol. The summed E-state index contributed by atoms with van der Waals surface area (Å²) < 4.78 is 18.5. The molecule has 0 spiro atoms. The first-order valence-electron chi connectivity index (χ1n) is 8.44. The van der Waals surface area contributed by atoms with Crippen molar-refractivity contribution in [1.82, 2.24) is 5.32 Å². The van der Waals surface area contributed by atoms with Gasteiger partial charge in [0.15, 0.2) is 5.76 Å². The number of hydrogen-bond donors (Lipinski definition) is 2. The molecule has 3 aromatic rings. The number of amides is 2. The van der Waals surface area contributed by atoms with Crippen LogP contribution >= 0.6 is 0 Å². The zero-order chi connectivity index (χ0) is 19.4. The normalized spacial score (nSPS) is 10.5. The molecule has 0 saturated heterocycles. The van der Waals surface area contributed by atoms with Gasteiger partial charge in [-0.3, -0.25) is 9.59 Å². The van der Waals surface area contributed by atoms with Gasteiger partial charge in [-0.15, -0.1) is 0 Å². The van der Waals surface area contributed by atoms with Crippen LogP contribution in [-0.4, -0.2) is 18.4 Å². The van der Waals surface area contributed by atoms with E-state index >= 15 is 0 Å². The van der Waals surface area contributed by atoms with E-state index < -0.39 is 5.91 Å². The van der Waals surface area contributed by atoms with Crippen molar-refractivity contribution in [2.75, 3.05) is 11.9 Å². The minimum atomic E-state index is -0.500. The molecule has 1 heterocycles. The fraction of sp³-hybridized carbons (Fsp3) is 0.143.